The van der Waals surface area contributed by atoms with Gasteiger partial charge in [0.2, 0.25) is 0 Å². The van der Waals surface area contributed by atoms with E-state index in [0.29, 0.717) is 6.54 Å². The summed E-state index contributed by atoms with van der Waals surface area (Å²) in [4.78, 5) is 11.7. The molecule has 0 radical (unpaired) electrons. The van der Waals surface area contributed by atoms with E-state index in [1.165, 1.54) is 11.1 Å². The van der Waals surface area contributed by atoms with E-state index in [0.717, 1.165) is 24.9 Å². The van der Waals surface area contributed by atoms with Gasteiger partial charge in [-0.2, -0.15) is 0 Å². The molecule has 1 aliphatic carbocycles. The summed E-state index contributed by atoms with van der Waals surface area (Å²) in [6.07, 6.45) is 4.74. The number of benzene rings is 1. The average Bonchev–Trinajstić information content (AvgIpc) is 2.36. The zero-order valence-corrected chi connectivity index (χ0v) is 10.4. The second kappa shape index (κ2) is 5.58. The van der Waals surface area contributed by atoms with E-state index in [4.69, 9.17) is 5.73 Å². The summed E-state index contributed by atoms with van der Waals surface area (Å²) >= 11 is 0. The van der Waals surface area contributed by atoms with Crippen LogP contribution in [-0.4, -0.2) is 12.6 Å². The van der Waals surface area contributed by atoms with E-state index in [1.54, 1.807) is 6.08 Å². The molecule has 1 aromatic carbocycles. The fraction of sp³-hybridized carbons (Fsp3) is 0.357. The Kier molecular flexibility index (Phi) is 3.87. The first-order valence-electron chi connectivity index (χ1n) is 6.24. The van der Waals surface area contributed by atoms with Gasteiger partial charge in [0.1, 0.15) is 0 Å². The van der Waals surface area contributed by atoms with Gasteiger partial charge >= 0.3 is 6.03 Å². The first kappa shape index (κ1) is 12.5. The van der Waals surface area contributed by atoms with Crippen LogP contribution in [0.3, 0.4) is 0 Å². The molecule has 1 unspecified atom stereocenters. The molecule has 4 heteroatoms. The molecule has 2 rings (SSSR count). The van der Waals surface area contributed by atoms with Crippen molar-refractivity contribution in [3.63, 3.8) is 0 Å². The normalized spacial score (nSPS) is 17.7. The van der Waals surface area contributed by atoms with E-state index in [2.05, 4.69) is 17.2 Å². The number of carbonyl (C=O) groups excluding carboxylic acids is 1. The molecular formula is C14H19N3O. The number of rotatable bonds is 3. The van der Waals surface area contributed by atoms with Gasteiger partial charge in [-0.3, -0.25) is 0 Å². The molecule has 2 amide bonds. The predicted octanol–water partition coefficient (Wildman–Crippen LogP) is 2.13. The fourth-order valence-corrected chi connectivity index (χ4v) is 2.36. The van der Waals surface area contributed by atoms with Crippen LogP contribution in [0.1, 0.15) is 30.0 Å². The summed E-state index contributed by atoms with van der Waals surface area (Å²) in [6, 6.07) is 5.84. The number of hydrogen-bond acceptors (Lipinski definition) is 2. The molecule has 0 heterocycles. The van der Waals surface area contributed by atoms with Gasteiger partial charge in [0.25, 0.3) is 0 Å². The van der Waals surface area contributed by atoms with Crippen molar-refractivity contribution in [1.29, 1.82) is 0 Å². The summed E-state index contributed by atoms with van der Waals surface area (Å²) in [5.74, 6) is 0. The van der Waals surface area contributed by atoms with Crippen molar-refractivity contribution in [2.24, 2.45) is 0 Å². The summed E-state index contributed by atoms with van der Waals surface area (Å²) in [5, 5.41) is 5.72. The molecule has 96 valence electrons. The molecule has 0 saturated carbocycles. The van der Waals surface area contributed by atoms with Gasteiger partial charge in [0.15, 0.2) is 0 Å². The Balaban J connectivity index is 2.08. The van der Waals surface area contributed by atoms with Crippen molar-refractivity contribution in [2.75, 3.05) is 12.3 Å². The quantitative estimate of drug-likeness (QED) is 0.564. The standard InChI is InChI=1S/C14H19N3O/c1-2-8-16-14(18)17-13-5-3-4-10-9-11(15)6-7-12(10)13/h2,6-7,9,13H,1,3-5,8,15H2,(H2,16,17,18). The highest BCUT2D eigenvalue weighted by molar-refractivity contribution is 5.74. The predicted molar refractivity (Wildman–Crippen MR) is 73.3 cm³/mol. The molecule has 0 bridgehead atoms. The van der Waals surface area contributed by atoms with Crippen LogP contribution in [0.2, 0.25) is 0 Å². The van der Waals surface area contributed by atoms with Crippen molar-refractivity contribution >= 4 is 11.7 Å². The largest absolute Gasteiger partial charge is 0.399 e. The Morgan fingerprint density at radius 2 is 2.39 bits per heavy atom. The maximum absolute atomic E-state index is 11.7. The summed E-state index contributed by atoms with van der Waals surface area (Å²) < 4.78 is 0. The van der Waals surface area contributed by atoms with E-state index in [9.17, 15) is 4.79 Å². The third kappa shape index (κ3) is 2.83. The number of hydrogen-bond donors (Lipinski definition) is 3. The van der Waals surface area contributed by atoms with Gasteiger partial charge in [-0.25, -0.2) is 4.79 Å². The molecule has 0 fully saturated rings. The van der Waals surface area contributed by atoms with Gasteiger partial charge < -0.3 is 16.4 Å². The minimum Gasteiger partial charge on any atom is -0.399 e. The number of amides is 2. The Hall–Kier alpha value is -1.97. The van der Waals surface area contributed by atoms with Gasteiger partial charge in [-0.1, -0.05) is 12.1 Å². The maximum atomic E-state index is 11.7. The molecule has 0 aromatic heterocycles. The van der Waals surface area contributed by atoms with E-state index in [-0.39, 0.29) is 12.1 Å². The second-order valence-electron chi connectivity index (χ2n) is 4.55. The fourth-order valence-electron chi connectivity index (χ4n) is 2.36. The van der Waals surface area contributed by atoms with Crippen LogP contribution in [0.4, 0.5) is 10.5 Å². The van der Waals surface area contributed by atoms with E-state index < -0.39 is 0 Å². The number of anilines is 1. The number of nitrogens with one attached hydrogen (secondary N) is 2. The molecule has 4 N–H and O–H groups in total. The van der Waals surface area contributed by atoms with Crippen molar-refractivity contribution in [3.8, 4) is 0 Å². The molecule has 1 aromatic rings. The monoisotopic (exact) mass is 245 g/mol. The van der Waals surface area contributed by atoms with Crippen molar-refractivity contribution in [1.82, 2.24) is 10.6 Å². The Morgan fingerprint density at radius 3 is 3.17 bits per heavy atom. The lowest BCUT2D eigenvalue weighted by Crippen LogP contribution is -2.39. The zero-order valence-electron chi connectivity index (χ0n) is 10.4. The summed E-state index contributed by atoms with van der Waals surface area (Å²) in [7, 11) is 0. The highest BCUT2D eigenvalue weighted by atomic mass is 16.2. The lowest BCUT2D eigenvalue weighted by atomic mass is 9.87. The first-order chi connectivity index (χ1) is 8.70. The zero-order chi connectivity index (χ0) is 13.0. The maximum Gasteiger partial charge on any atom is 0.315 e. The third-order valence-corrected chi connectivity index (χ3v) is 3.19. The van der Waals surface area contributed by atoms with Crippen LogP contribution in [0, 0.1) is 0 Å². The van der Waals surface area contributed by atoms with Crippen molar-refractivity contribution < 1.29 is 4.79 Å². The Labute approximate surface area is 107 Å². The topological polar surface area (TPSA) is 67.2 Å². The SMILES string of the molecule is C=CCNC(=O)NC1CCCc2cc(N)ccc21. The summed E-state index contributed by atoms with van der Waals surface area (Å²) in [5.41, 5.74) is 9.00. The van der Waals surface area contributed by atoms with E-state index >= 15 is 0 Å². The molecule has 1 aliphatic rings. The second-order valence-corrected chi connectivity index (χ2v) is 4.55. The number of fused-ring (bicyclic) bond motifs is 1. The van der Waals surface area contributed by atoms with Crippen molar-refractivity contribution in [2.45, 2.75) is 25.3 Å². The number of nitrogens with two attached hydrogens (primary N) is 1. The molecule has 1 atom stereocenters. The van der Waals surface area contributed by atoms with Crippen LogP contribution in [0.5, 0.6) is 0 Å². The first-order valence-corrected chi connectivity index (χ1v) is 6.24. The molecule has 4 nitrogen and oxygen atoms in total. The summed E-state index contributed by atoms with van der Waals surface area (Å²) in [6.45, 7) is 4.05. The van der Waals surface area contributed by atoms with Crippen LogP contribution in [0.15, 0.2) is 30.9 Å². The Morgan fingerprint density at radius 1 is 1.56 bits per heavy atom. The lowest BCUT2D eigenvalue weighted by molar-refractivity contribution is 0.236. The number of carbonyl (C=O) groups is 1. The minimum absolute atomic E-state index is 0.0826. The number of nitrogen functional groups attached to an aromatic ring is 1. The molecule has 0 aliphatic heterocycles. The number of aryl methyl sites for hydroxylation is 1. The smallest absolute Gasteiger partial charge is 0.315 e. The van der Waals surface area contributed by atoms with Gasteiger partial charge in [-0.05, 0) is 42.5 Å². The van der Waals surface area contributed by atoms with Gasteiger partial charge in [0, 0.05) is 12.2 Å². The Bertz CT molecular complexity index is 456. The van der Waals surface area contributed by atoms with Gasteiger partial charge in [-0.15, -0.1) is 6.58 Å². The molecule has 18 heavy (non-hydrogen) atoms. The van der Waals surface area contributed by atoms with Crippen LogP contribution >= 0.6 is 0 Å². The van der Waals surface area contributed by atoms with Crippen LogP contribution in [0.25, 0.3) is 0 Å². The van der Waals surface area contributed by atoms with Crippen LogP contribution < -0.4 is 16.4 Å². The molecular weight excluding hydrogens is 226 g/mol. The highest BCUT2D eigenvalue weighted by Crippen LogP contribution is 2.30. The minimum atomic E-state index is -0.149. The third-order valence-electron chi connectivity index (χ3n) is 3.19. The molecule has 0 saturated heterocycles. The average molecular weight is 245 g/mol. The highest BCUT2D eigenvalue weighted by Gasteiger charge is 2.21. The number of urea groups is 1. The van der Waals surface area contributed by atoms with E-state index in [1.807, 2.05) is 18.2 Å². The van der Waals surface area contributed by atoms with Crippen LogP contribution in [-0.2, 0) is 6.42 Å². The molecule has 0 spiro atoms. The van der Waals surface area contributed by atoms with Crippen molar-refractivity contribution in [3.05, 3.63) is 42.0 Å². The van der Waals surface area contributed by atoms with Gasteiger partial charge in [0.05, 0.1) is 6.04 Å². The lowest BCUT2D eigenvalue weighted by Gasteiger charge is -2.26.